The number of benzene rings is 5. The van der Waals surface area contributed by atoms with Gasteiger partial charge in [-0.15, -0.1) is 0 Å². The van der Waals surface area contributed by atoms with Gasteiger partial charge in [0.15, 0.2) is 0 Å². The van der Waals surface area contributed by atoms with Crippen molar-refractivity contribution >= 4 is 0 Å². The number of hydrogen-bond acceptors (Lipinski definition) is 0. The van der Waals surface area contributed by atoms with Crippen molar-refractivity contribution in [2.24, 2.45) is 0 Å². The first-order valence-electron chi connectivity index (χ1n) is 11.6. The lowest BCUT2D eigenvalue weighted by atomic mass is 9.81. The Balaban J connectivity index is 1.51. The molecule has 1 aliphatic carbocycles. The van der Waals surface area contributed by atoms with Crippen LogP contribution in [0.2, 0.25) is 0 Å². The SMILES string of the molecule is CC1(C)c2ccccc2-c2c(-c3ccccc3-c3ccc(-c4ccccc4)cc3)cccc21. The van der Waals surface area contributed by atoms with E-state index in [4.69, 9.17) is 0 Å². The zero-order valence-electron chi connectivity index (χ0n) is 19.0. The van der Waals surface area contributed by atoms with Crippen molar-refractivity contribution in [3.8, 4) is 44.5 Å². The molecule has 0 N–H and O–H groups in total. The lowest BCUT2D eigenvalue weighted by Gasteiger charge is -2.22. The van der Waals surface area contributed by atoms with Crippen LogP contribution in [0.5, 0.6) is 0 Å². The molecule has 5 aromatic carbocycles. The maximum absolute atomic E-state index is 2.34. The normalized spacial score (nSPS) is 13.4. The van der Waals surface area contributed by atoms with Crippen LogP contribution in [0.1, 0.15) is 25.0 Å². The van der Waals surface area contributed by atoms with Gasteiger partial charge in [0.2, 0.25) is 0 Å². The first-order valence-corrected chi connectivity index (χ1v) is 11.6. The molecular weight excluding hydrogens is 396 g/mol. The van der Waals surface area contributed by atoms with E-state index in [1.807, 2.05) is 0 Å². The molecule has 0 atom stereocenters. The van der Waals surface area contributed by atoms with Gasteiger partial charge >= 0.3 is 0 Å². The third-order valence-corrected chi connectivity index (χ3v) is 7.13. The summed E-state index contributed by atoms with van der Waals surface area (Å²) in [5.41, 5.74) is 13.2. The van der Waals surface area contributed by atoms with Gasteiger partial charge in [-0.25, -0.2) is 0 Å². The van der Waals surface area contributed by atoms with Crippen molar-refractivity contribution in [2.45, 2.75) is 19.3 Å². The van der Waals surface area contributed by atoms with Crippen LogP contribution in [0.15, 0.2) is 121 Å². The predicted molar refractivity (Wildman–Crippen MR) is 140 cm³/mol. The maximum atomic E-state index is 2.34. The van der Waals surface area contributed by atoms with Crippen LogP contribution < -0.4 is 0 Å². The third-order valence-electron chi connectivity index (χ3n) is 7.13. The van der Waals surface area contributed by atoms with Crippen LogP contribution in [-0.2, 0) is 5.41 Å². The van der Waals surface area contributed by atoms with Crippen molar-refractivity contribution in [1.82, 2.24) is 0 Å². The molecule has 33 heavy (non-hydrogen) atoms. The molecule has 0 spiro atoms. The van der Waals surface area contributed by atoms with Gasteiger partial charge in [-0.05, 0) is 55.6 Å². The van der Waals surface area contributed by atoms with Crippen LogP contribution in [0.4, 0.5) is 0 Å². The van der Waals surface area contributed by atoms with E-state index >= 15 is 0 Å². The highest BCUT2D eigenvalue weighted by Crippen LogP contribution is 2.52. The Bertz CT molecular complexity index is 1450. The minimum atomic E-state index is 0.00815. The summed E-state index contributed by atoms with van der Waals surface area (Å²) in [6.07, 6.45) is 0. The van der Waals surface area contributed by atoms with Gasteiger partial charge in [0, 0.05) is 5.41 Å². The van der Waals surface area contributed by atoms with E-state index < -0.39 is 0 Å². The Morgan fingerprint density at radius 3 is 1.64 bits per heavy atom. The van der Waals surface area contributed by atoms with E-state index in [1.54, 1.807) is 0 Å². The Labute approximate surface area is 196 Å². The zero-order valence-corrected chi connectivity index (χ0v) is 19.0. The van der Waals surface area contributed by atoms with Crippen molar-refractivity contribution in [3.05, 3.63) is 132 Å². The molecule has 158 valence electrons. The van der Waals surface area contributed by atoms with Gasteiger partial charge in [0.1, 0.15) is 0 Å². The molecule has 0 saturated carbocycles. The topological polar surface area (TPSA) is 0 Å². The van der Waals surface area contributed by atoms with Gasteiger partial charge < -0.3 is 0 Å². The quantitative estimate of drug-likeness (QED) is 0.272. The predicted octanol–water partition coefficient (Wildman–Crippen LogP) is 8.99. The first kappa shape index (κ1) is 19.8. The lowest BCUT2D eigenvalue weighted by Crippen LogP contribution is -2.14. The van der Waals surface area contributed by atoms with Crippen molar-refractivity contribution in [1.29, 1.82) is 0 Å². The van der Waals surface area contributed by atoms with Crippen molar-refractivity contribution < 1.29 is 0 Å². The Hall–Kier alpha value is -3.90. The van der Waals surface area contributed by atoms with E-state index in [0.717, 1.165) is 0 Å². The molecule has 0 bridgehead atoms. The van der Waals surface area contributed by atoms with Crippen LogP contribution in [-0.4, -0.2) is 0 Å². The third kappa shape index (κ3) is 3.14. The Morgan fingerprint density at radius 1 is 0.364 bits per heavy atom. The molecule has 0 nitrogen and oxygen atoms in total. The molecular formula is C33H26. The maximum Gasteiger partial charge on any atom is 0.0159 e. The van der Waals surface area contributed by atoms with Crippen LogP contribution in [0.25, 0.3) is 44.5 Å². The summed E-state index contributed by atoms with van der Waals surface area (Å²) in [7, 11) is 0. The summed E-state index contributed by atoms with van der Waals surface area (Å²) in [6.45, 7) is 4.69. The minimum absolute atomic E-state index is 0.00815. The van der Waals surface area contributed by atoms with E-state index in [0.29, 0.717) is 0 Å². The highest BCUT2D eigenvalue weighted by Gasteiger charge is 2.36. The molecule has 1 aliphatic rings. The van der Waals surface area contributed by atoms with Crippen LogP contribution >= 0.6 is 0 Å². The van der Waals surface area contributed by atoms with Gasteiger partial charge in [0.05, 0.1) is 0 Å². The summed E-state index contributed by atoms with van der Waals surface area (Å²) in [5.74, 6) is 0. The van der Waals surface area contributed by atoms with E-state index in [9.17, 15) is 0 Å². The average molecular weight is 423 g/mol. The standard InChI is InChI=1S/C33H26/c1-33(2)30-17-9-8-15-29(30)32-28(16-10-18-31(32)33)27-14-7-6-13-26(27)25-21-19-24(20-22-25)23-11-4-3-5-12-23/h3-22H,1-2H3. The van der Waals surface area contributed by atoms with Gasteiger partial charge in [-0.2, -0.15) is 0 Å². The Kier molecular flexibility index (Phi) is 4.55. The summed E-state index contributed by atoms with van der Waals surface area (Å²) in [5, 5.41) is 0. The monoisotopic (exact) mass is 422 g/mol. The molecule has 0 unspecified atom stereocenters. The second kappa shape index (κ2) is 7.60. The minimum Gasteiger partial charge on any atom is -0.0622 e. The number of fused-ring (bicyclic) bond motifs is 3. The summed E-state index contributed by atoms with van der Waals surface area (Å²) >= 11 is 0. The van der Waals surface area contributed by atoms with Gasteiger partial charge in [0.25, 0.3) is 0 Å². The summed E-state index contributed by atoms with van der Waals surface area (Å²) < 4.78 is 0. The summed E-state index contributed by atoms with van der Waals surface area (Å²) in [4.78, 5) is 0. The van der Waals surface area contributed by atoms with Crippen LogP contribution in [0.3, 0.4) is 0 Å². The van der Waals surface area contributed by atoms with Gasteiger partial charge in [-0.3, -0.25) is 0 Å². The lowest BCUT2D eigenvalue weighted by molar-refractivity contribution is 0.660. The van der Waals surface area contributed by atoms with E-state index in [2.05, 4.69) is 135 Å². The molecule has 0 heteroatoms. The average Bonchev–Trinajstić information content (AvgIpc) is 3.12. The fourth-order valence-corrected chi connectivity index (χ4v) is 5.42. The second-order valence-corrected chi connectivity index (χ2v) is 9.39. The first-order chi connectivity index (χ1) is 16.1. The van der Waals surface area contributed by atoms with Crippen LogP contribution in [0, 0.1) is 0 Å². The highest BCUT2D eigenvalue weighted by molar-refractivity contribution is 5.96. The molecule has 0 saturated heterocycles. The number of hydrogen-bond donors (Lipinski definition) is 0. The molecule has 0 aliphatic heterocycles. The largest absolute Gasteiger partial charge is 0.0622 e. The zero-order chi connectivity index (χ0) is 22.4. The summed E-state index contributed by atoms with van der Waals surface area (Å²) in [6, 6.07) is 44.0. The molecule has 0 radical (unpaired) electrons. The molecule has 6 rings (SSSR count). The fraction of sp³-hybridized carbons (Fsp3) is 0.0909. The molecule has 0 aromatic heterocycles. The van der Waals surface area contributed by atoms with Crippen molar-refractivity contribution in [3.63, 3.8) is 0 Å². The molecule has 0 fully saturated rings. The second-order valence-electron chi connectivity index (χ2n) is 9.39. The van der Waals surface area contributed by atoms with E-state index in [1.165, 1.54) is 55.6 Å². The van der Waals surface area contributed by atoms with Gasteiger partial charge in [-0.1, -0.05) is 135 Å². The number of rotatable bonds is 3. The Morgan fingerprint density at radius 2 is 0.879 bits per heavy atom. The highest BCUT2D eigenvalue weighted by atomic mass is 14.4. The molecule has 5 aromatic rings. The molecule has 0 amide bonds. The fourth-order valence-electron chi connectivity index (χ4n) is 5.42. The van der Waals surface area contributed by atoms with Crippen molar-refractivity contribution in [2.75, 3.05) is 0 Å². The van der Waals surface area contributed by atoms with E-state index in [-0.39, 0.29) is 5.41 Å². The molecule has 0 heterocycles. The smallest absolute Gasteiger partial charge is 0.0159 e.